The third kappa shape index (κ3) is 3.76. The molecule has 0 unspecified atom stereocenters. The number of thioether (sulfide) groups is 1. The maximum atomic E-state index is 13.4. The molecule has 3 aromatic rings. The van der Waals surface area contributed by atoms with Gasteiger partial charge in [-0.05, 0) is 56.4 Å². The maximum Gasteiger partial charge on any atom is 0.196 e. The lowest BCUT2D eigenvalue weighted by Gasteiger charge is -2.19. The van der Waals surface area contributed by atoms with Crippen LogP contribution in [0.4, 0.5) is 10.1 Å². The first-order valence-corrected chi connectivity index (χ1v) is 10.0. The van der Waals surface area contributed by atoms with Crippen molar-refractivity contribution >= 4 is 28.4 Å². The minimum absolute atomic E-state index is 0.0335. The van der Waals surface area contributed by atoms with Gasteiger partial charge in [0, 0.05) is 11.1 Å². The van der Waals surface area contributed by atoms with Crippen molar-refractivity contribution in [2.45, 2.75) is 38.8 Å². The SMILES string of the molecule is CCSc1oc2c([C@@H](C)Nc3ccc(F)cc3C#N)cc(C)cc2c(=O)c1C. The number of halogens is 1. The summed E-state index contributed by atoms with van der Waals surface area (Å²) in [4.78, 5) is 12.9. The molecule has 0 spiro atoms. The zero-order valence-electron chi connectivity index (χ0n) is 16.2. The minimum Gasteiger partial charge on any atom is -0.449 e. The van der Waals surface area contributed by atoms with Gasteiger partial charge in [-0.1, -0.05) is 24.8 Å². The molecule has 1 aromatic heterocycles. The smallest absolute Gasteiger partial charge is 0.196 e. The van der Waals surface area contributed by atoms with E-state index in [4.69, 9.17) is 4.42 Å². The number of nitrogens with one attached hydrogen (secondary N) is 1. The van der Waals surface area contributed by atoms with Gasteiger partial charge in [0.1, 0.15) is 17.5 Å². The van der Waals surface area contributed by atoms with Crippen molar-refractivity contribution in [3.63, 3.8) is 0 Å². The summed E-state index contributed by atoms with van der Waals surface area (Å²) in [5, 5.41) is 13.7. The first kappa shape index (κ1) is 20.0. The Hall–Kier alpha value is -2.78. The fourth-order valence-electron chi connectivity index (χ4n) is 3.18. The molecule has 0 amide bonds. The van der Waals surface area contributed by atoms with Crippen LogP contribution in [-0.2, 0) is 0 Å². The molecule has 0 saturated heterocycles. The quantitative estimate of drug-likeness (QED) is 0.560. The van der Waals surface area contributed by atoms with Crippen molar-refractivity contribution in [1.29, 1.82) is 5.26 Å². The second-order valence-electron chi connectivity index (χ2n) is 6.68. The summed E-state index contributed by atoms with van der Waals surface area (Å²) in [6.07, 6.45) is 0. The molecule has 144 valence electrons. The van der Waals surface area contributed by atoms with Gasteiger partial charge in [-0.3, -0.25) is 4.79 Å². The van der Waals surface area contributed by atoms with Crippen LogP contribution in [0, 0.1) is 31.0 Å². The van der Waals surface area contributed by atoms with Gasteiger partial charge in [0.2, 0.25) is 0 Å². The third-order valence-corrected chi connectivity index (χ3v) is 5.50. The van der Waals surface area contributed by atoms with Crippen LogP contribution in [0.2, 0.25) is 0 Å². The monoisotopic (exact) mass is 396 g/mol. The van der Waals surface area contributed by atoms with E-state index in [1.54, 1.807) is 13.0 Å². The molecule has 1 heterocycles. The van der Waals surface area contributed by atoms with Gasteiger partial charge in [0.25, 0.3) is 0 Å². The van der Waals surface area contributed by atoms with Crippen molar-refractivity contribution in [3.8, 4) is 6.07 Å². The van der Waals surface area contributed by atoms with E-state index in [1.165, 1.54) is 23.9 Å². The van der Waals surface area contributed by atoms with Gasteiger partial charge in [-0.15, -0.1) is 0 Å². The Balaban J connectivity index is 2.14. The van der Waals surface area contributed by atoms with Crippen LogP contribution < -0.4 is 10.7 Å². The third-order valence-electron chi connectivity index (χ3n) is 4.56. The molecule has 1 N–H and O–H groups in total. The zero-order chi connectivity index (χ0) is 20.4. The van der Waals surface area contributed by atoms with Gasteiger partial charge in [-0.25, -0.2) is 4.39 Å². The number of fused-ring (bicyclic) bond motifs is 1. The Labute approximate surface area is 167 Å². The van der Waals surface area contributed by atoms with Crippen molar-refractivity contribution in [2.75, 3.05) is 11.1 Å². The number of anilines is 1. The zero-order valence-corrected chi connectivity index (χ0v) is 17.0. The molecule has 0 fully saturated rings. The van der Waals surface area contributed by atoms with Crippen LogP contribution in [0.3, 0.4) is 0 Å². The second kappa shape index (κ2) is 8.07. The Kier molecular flexibility index (Phi) is 5.76. The minimum atomic E-state index is -0.460. The molecule has 6 heteroatoms. The lowest BCUT2D eigenvalue weighted by atomic mass is 10.00. The fourth-order valence-corrected chi connectivity index (χ4v) is 3.90. The first-order chi connectivity index (χ1) is 13.3. The molecule has 0 bridgehead atoms. The Bertz CT molecular complexity index is 1150. The summed E-state index contributed by atoms with van der Waals surface area (Å²) in [5.41, 5.74) is 3.64. The highest BCUT2D eigenvalue weighted by Crippen LogP contribution is 2.32. The number of rotatable bonds is 5. The average Bonchev–Trinajstić information content (AvgIpc) is 2.67. The molecule has 0 aliphatic rings. The van der Waals surface area contributed by atoms with Gasteiger partial charge < -0.3 is 9.73 Å². The van der Waals surface area contributed by atoms with Gasteiger partial charge in [0.15, 0.2) is 10.5 Å². The van der Waals surface area contributed by atoms with Crippen molar-refractivity contribution in [3.05, 3.63) is 68.6 Å². The molecule has 0 aliphatic carbocycles. The summed E-state index contributed by atoms with van der Waals surface area (Å²) in [6, 6.07) is 9.60. The molecule has 0 saturated carbocycles. The van der Waals surface area contributed by atoms with E-state index >= 15 is 0 Å². The summed E-state index contributed by atoms with van der Waals surface area (Å²) < 4.78 is 19.6. The molecule has 1 atom stereocenters. The van der Waals surface area contributed by atoms with Gasteiger partial charge in [-0.2, -0.15) is 5.26 Å². The first-order valence-electron chi connectivity index (χ1n) is 9.02. The van der Waals surface area contributed by atoms with E-state index in [-0.39, 0.29) is 17.0 Å². The summed E-state index contributed by atoms with van der Waals surface area (Å²) in [5.74, 6) is 0.337. The van der Waals surface area contributed by atoms with Crippen LogP contribution in [0.15, 0.2) is 44.6 Å². The lowest BCUT2D eigenvalue weighted by molar-refractivity contribution is 0.488. The summed E-state index contributed by atoms with van der Waals surface area (Å²) in [6.45, 7) is 7.64. The summed E-state index contributed by atoms with van der Waals surface area (Å²) in [7, 11) is 0. The molecule has 0 aliphatic heterocycles. The number of benzene rings is 2. The van der Waals surface area contributed by atoms with Crippen LogP contribution in [0.5, 0.6) is 0 Å². The van der Waals surface area contributed by atoms with E-state index < -0.39 is 5.82 Å². The van der Waals surface area contributed by atoms with Crippen molar-refractivity contribution < 1.29 is 8.81 Å². The number of nitrogens with zero attached hydrogens (tertiary/aromatic N) is 1. The van der Waals surface area contributed by atoms with Crippen LogP contribution >= 0.6 is 11.8 Å². The second-order valence-corrected chi connectivity index (χ2v) is 7.91. The van der Waals surface area contributed by atoms with E-state index in [0.29, 0.717) is 27.3 Å². The van der Waals surface area contributed by atoms with E-state index in [0.717, 1.165) is 16.9 Å². The summed E-state index contributed by atoms with van der Waals surface area (Å²) >= 11 is 1.50. The molecular weight excluding hydrogens is 375 g/mol. The highest BCUT2D eigenvalue weighted by Gasteiger charge is 2.19. The molecule has 2 aromatic carbocycles. The molecule has 0 radical (unpaired) electrons. The van der Waals surface area contributed by atoms with Crippen molar-refractivity contribution in [2.24, 2.45) is 0 Å². The highest BCUT2D eigenvalue weighted by molar-refractivity contribution is 7.99. The van der Waals surface area contributed by atoms with Crippen LogP contribution in [0.1, 0.15) is 42.1 Å². The Morgan fingerprint density at radius 2 is 2.04 bits per heavy atom. The average molecular weight is 396 g/mol. The Morgan fingerprint density at radius 1 is 1.29 bits per heavy atom. The number of aryl methyl sites for hydroxylation is 1. The molecular formula is C22H21FN2O2S. The topological polar surface area (TPSA) is 66.0 Å². The van der Waals surface area contributed by atoms with Crippen LogP contribution in [0.25, 0.3) is 11.0 Å². The molecule has 3 rings (SSSR count). The maximum absolute atomic E-state index is 13.4. The number of hydrogen-bond acceptors (Lipinski definition) is 5. The number of nitriles is 1. The number of hydrogen-bond donors (Lipinski definition) is 1. The molecule has 28 heavy (non-hydrogen) atoms. The highest BCUT2D eigenvalue weighted by atomic mass is 32.2. The predicted molar refractivity (Wildman–Crippen MR) is 112 cm³/mol. The normalized spacial score (nSPS) is 12.0. The largest absolute Gasteiger partial charge is 0.449 e. The van der Waals surface area contributed by atoms with Gasteiger partial charge >= 0.3 is 0 Å². The van der Waals surface area contributed by atoms with Crippen LogP contribution in [-0.4, -0.2) is 5.75 Å². The molecule has 4 nitrogen and oxygen atoms in total. The van der Waals surface area contributed by atoms with Gasteiger partial charge in [0.05, 0.1) is 22.7 Å². The van der Waals surface area contributed by atoms with Crippen molar-refractivity contribution in [1.82, 2.24) is 0 Å². The predicted octanol–water partition coefficient (Wildman–Crippen LogP) is 5.71. The Morgan fingerprint density at radius 3 is 2.71 bits per heavy atom. The fraction of sp³-hybridized carbons (Fsp3) is 0.273. The lowest BCUT2D eigenvalue weighted by Crippen LogP contribution is -2.13. The standard InChI is InChI=1S/C22H21FN2O2S/c1-5-28-22-13(3)20(26)18-9-12(2)8-17(21(18)27-22)14(4)25-19-7-6-16(23)10-15(19)11-24/h6-10,14,25H,5H2,1-4H3/t14-/m1/s1. The van der Waals surface area contributed by atoms with E-state index in [2.05, 4.69) is 5.32 Å². The van der Waals surface area contributed by atoms with E-state index in [1.807, 2.05) is 39.0 Å². The van der Waals surface area contributed by atoms with E-state index in [9.17, 15) is 14.4 Å².